The average Bonchev–Trinajstić information content (AvgIpc) is 2.45. The van der Waals surface area contributed by atoms with E-state index in [4.69, 9.17) is 10.9 Å². The fourth-order valence-electron chi connectivity index (χ4n) is 1.75. The summed E-state index contributed by atoms with van der Waals surface area (Å²) in [5.41, 5.74) is 5.02. The summed E-state index contributed by atoms with van der Waals surface area (Å²) >= 11 is 0. The molecular weight excluding hydrogens is 262 g/mol. The number of nitrogens with two attached hydrogens (primary N) is 1. The van der Waals surface area contributed by atoms with E-state index < -0.39 is 4.92 Å². The van der Waals surface area contributed by atoms with Crippen LogP contribution in [0.3, 0.4) is 0 Å². The molecule has 0 aliphatic rings. The van der Waals surface area contributed by atoms with Gasteiger partial charge < -0.3 is 15.8 Å². The van der Waals surface area contributed by atoms with Gasteiger partial charge in [-0.05, 0) is 12.5 Å². The van der Waals surface area contributed by atoms with Crippen molar-refractivity contribution in [3.63, 3.8) is 0 Å². The Labute approximate surface area is 117 Å². The van der Waals surface area contributed by atoms with Crippen LogP contribution in [0.2, 0.25) is 0 Å². The largest absolute Gasteiger partial charge is 0.409 e. The highest BCUT2D eigenvalue weighted by Crippen LogP contribution is 2.20. The molecule has 3 N–H and O–H groups in total. The van der Waals surface area contributed by atoms with E-state index in [0.717, 1.165) is 25.8 Å². The summed E-state index contributed by atoms with van der Waals surface area (Å²) < 4.78 is 0. The van der Waals surface area contributed by atoms with Crippen LogP contribution in [0.15, 0.2) is 17.3 Å². The van der Waals surface area contributed by atoms with Crippen LogP contribution in [-0.4, -0.2) is 34.5 Å². The fraction of sp³-hybridized carbons (Fsp3) is 0.500. The molecule has 0 aliphatic heterocycles. The maximum atomic E-state index is 10.9. The van der Waals surface area contributed by atoms with Gasteiger partial charge in [-0.25, -0.2) is 4.98 Å². The summed E-state index contributed by atoms with van der Waals surface area (Å²) in [6, 6.07) is 2.87. The fourth-order valence-corrected chi connectivity index (χ4v) is 1.75. The second-order valence-electron chi connectivity index (χ2n) is 4.41. The lowest BCUT2D eigenvalue weighted by Gasteiger charge is -2.18. The Morgan fingerprint density at radius 2 is 2.25 bits per heavy atom. The van der Waals surface area contributed by atoms with Crippen molar-refractivity contribution in [1.29, 1.82) is 0 Å². The van der Waals surface area contributed by atoms with E-state index in [1.165, 1.54) is 6.07 Å². The Hall–Kier alpha value is -2.38. The van der Waals surface area contributed by atoms with Gasteiger partial charge >= 0.3 is 0 Å². The number of nitro groups is 1. The van der Waals surface area contributed by atoms with Crippen LogP contribution in [0.25, 0.3) is 0 Å². The molecular formula is C12H19N5O3. The van der Waals surface area contributed by atoms with Gasteiger partial charge in [-0.2, -0.15) is 0 Å². The van der Waals surface area contributed by atoms with E-state index >= 15 is 0 Å². The van der Waals surface area contributed by atoms with Gasteiger partial charge in [0.2, 0.25) is 0 Å². The molecule has 8 heteroatoms. The third-order valence-electron chi connectivity index (χ3n) is 2.89. The number of hydrogen-bond donors (Lipinski definition) is 2. The molecule has 20 heavy (non-hydrogen) atoms. The maximum absolute atomic E-state index is 10.9. The molecule has 0 aliphatic carbocycles. The summed E-state index contributed by atoms with van der Waals surface area (Å²) in [7, 11) is 1.85. The standard InChI is InChI=1S/C12H19N5O3/c1-3-4-5-8-16(2)10-7-6-9(17(19)20)11(14-10)12(13)15-18/h6-7,18H,3-5,8H2,1-2H3,(H2,13,15). The molecule has 1 aromatic heterocycles. The van der Waals surface area contributed by atoms with E-state index in [1.54, 1.807) is 6.07 Å². The quantitative estimate of drug-likeness (QED) is 0.196. The van der Waals surface area contributed by atoms with E-state index in [1.807, 2.05) is 11.9 Å². The minimum absolute atomic E-state index is 0.127. The molecule has 1 rings (SSSR count). The zero-order chi connectivity index (χ0) is 15.1. The van der Waals surface area contributed by atoms with Gasteiger partial charge in [0.25, 0.3) is 5.69 Å². The lowest BCUT2D eigenvalue weighted by molar-refractivity contribution is -0.385. The number of nitrogens with zero attached hydrogens (tertiary/aromatic N) is 4. The molecule has 0 bridgehead atoms. The number of pyridine rings is 1. The lowest BCUT2D eigenvalue weighted by atomic mass is 10.2. The van der Waals surface area contributed by atoms with E-state index in [-0.39, 0.29) is 17.2 Å². The van der Waals surface area contributed by atoms with Crippen molar-refractivity contribution in [2.45, 2.75) is 26.2 Å². The van der Waals surface area contributed by atoms with Gasteiger partial charge in [0, 0.05) is 19.7 Å². The molecule has 0 fully saturated rings. The Morgan fingerprint density at radius 3 is 2.80 bits per heavy atom. The predicted molar refractivity (Wildman–Crippen MR) is 76.2 cm³/mol. The Morgan fingerprint density at radius 1 is 1.55 bits per heavy atom. The monoisotopic (exact) mass is 281 g/mol. The lowest BCUT2D eigenvalue weighted by Crippen LogP contribution is -2.23. The van der Waals surface area contributed by atoms with Crippen molar-refractivity contribution in [2.75, 3.05) is 18.5 Å². The first-order valence-electron chi connectivity index (χ1n) is 6.35. The molecule has 0 radical (unpaired) electrons. The number of oxime groups is 1. The van der Waals surface area contributed by atoms with Gasteiger partial charge in [0.15, 0.2) is 11.5 Å². The molecule has 8 nitrogen and oxygen atoms in total. The normalized spacial score (nSPS) is 11.4. The van der Waals surface area contributed by atoms with Gasteiger partial charge in [-0.15, -0.1) is 0 Å². The van der Waals surface area contributed by atoms with Crippen LogP contribution in [0.1, 0.15) is 31.9 Å². The number of anilines is 1. The summed E-state index contributed by atoms with van der Waals surface area (Å²) in [6.07, 6.45) is 3.21. The van der Waals surface area contributed by atoms with Crippen molar-refractivity contribution in [2.24, 2.45) is 10.9 Å². The summed E-state index contributed by atoms with van der Waals surface area (Å²) in [6.45, 7) is 2.90. The molecule has 0 spiro atoms. The molecule has 0 saturated carbocycles. The van der Waals surface area contributed by atoms with Crippen molar-refractivity contribution in [3.05, 3.63) is 27.9 Å². The predicted octanol–water partition coefficient (Wildman–Crippen LogP) is 1.71. The van der Waals surface area contributed by atoms with Gasteiger partial charge in [-0.1, -0.05) is 24.9 Å². The van der Waals surface area contributed by atoms with Crippen molar-refractivity contribution < 1.29 is 10.1 Å². The maximum Gasteiger partial charge on any atom is 0.298 e. The molecule has 0 atom stereocenters. The molecule has 0 aromatic carbocycles. The molecule has 1 aromatic rings. The second kappa shape index (κ2) is 7.27. The minimum Gasteiger partial charge on any atom is -0.409 e. The topological polar surface area (TPSA) is 118 Å². The van der Waals surface area contributed by atoms with E-state index in [0.29, 0.717) is 5.82 Å². The highest BCUT2D eigenvalue weighted by molar-refractivity contribution is 5.99. The number of hydrogen-bond acceptors (Lipinski definition) is 6. The summed E-state index contributed by atoms with van der Waals surface area (Å²) in [4.78, 5) is 16.3. The number of aromatic nitrogens is 1. The highest BCUT2D eigenvalue weighted by Gasteiger charge is 2.20. The third kappa shape index (κ3) is 3.81. The van der Waals surface area contributed by atoms with Crippen LogP contribution >= 0.6 is 0 Å². The van der Waals surface area contributed by atoms with Crippen LogP contribution in [-0.2, 0) is 0 Å². The van der Waals surface area contributed by atoms with Crippen LogP contribution < -0.4 is 10.6 Å². The first-order valence-corrected chi connectivity index (χ1v) is 6.35. The smallest absolute Gasteiger partial charge is 0.298 e. The SMILES string of the molecule is CCCCCN(C)c1ccc([N+](=O)[O-])c(/C(N)=N/O)n1. The van der Waals surface area contributed by atoms with Crippen molar-refractivity contribution >= 4 is 17.3 Å². The van der Waals surface area contributed by atoms with Crippen LogP contribution in [0.4, 0.5) is 11.5 Å². The number of unbranched alkanes of at least 4 members (excludes halogenated alkanes) is 2. The Kier molecular flexibility index (Phi) is 5.70. The molecule has 0 saturated heterocycles. The minimum atomic E-state index is -0.610. The summed E-state index contributed by atoms with van der Waals surface area (Å²) in [5.74, 6) is 0.175. The van der Waals surface area contributed by atoms with Gasteiger partial charge in [0.05, 0.1) is 4.92 Å². The van der Waals surface area contributed by atoms with E-state index in [2.05, 4.69) is 17.1 Å². The molecule has 0 amide bonds. The number of rotatable bonds is 7. The summed E-state index contributed by atoms with van der Waals surface area (Å²) in [5, 5.41) is 22.4. The van der Waals surface area contributed by atoms with Crippen molar-refractivity contribution in [3.8, 4) is 0 Å². The zero-order valence-electron chi connectivity index (χ0n) is 11.6. The van der Waals surface area contributed by atoms with Crippen LogP contribution in [0, 0.1) is 10.1 Å². The molecule has 0 unspecified atom stereocenters. The Bertz CT molecular complexity index is 504. The molecule has 1 heterocycles. The van der Waals surface area contributed by atoms with Gasteiger partial charge in [0.1, 0.15) is 5.82 Å². The third-order valence-corrected chi connectivity index (χ3v) is 2.89. The number of amidine groups is 1. The first-order chi connectivity index (χ1) is 9.51. The highest BCUT2D eigenvalue weighted by atomic mass is 16.6. The van der Waals surface area contributed by atoms with Crippen molar-refractivity contribution in [1.82, 2.24) is 4.98 Å². The Balaban J connectivity index is 3.03. The van der Waals surface area contributed by atoms with E-state index in [9.17, 15) is 10.1 Å². The zero-order valence-corrected chi connectivity index (χ0v) is 11.6. The average molecular weight is 281 g/mol. The second-order valence-corrected chi connectivity index (χ2v) is 4.41. The molecule has 110 valence electrons. The van der Waals surface area contributed by atoms with Gasteiger partial charge in [-0.3, -0.25) is 10.1 Å². The van der Waals surface area contributed by atoms with Crippen LogP contribution in [0.5, 0.6) is 0 Å². The first kappa shape index (κ1) is 15.7.